The summed E-state index contributed by atoms with van der Waals surface area (Å²) in [4.78, 5) is 6.07. The van der Waals surface area contributed by atoms with Gasteiger partial charge in [-0.2, -0.15) is 0 Å². The van der Waals surface area contributed by atoms with E-state index in [1.54, 1.807) is 0 Å². The van der Waals surface area contributed by atoms with Crippen molar-refractivity contribution in [3.63, 3.8) is 0 Å². The highest BCUT2D eigenvalue weighted by Gasteiger charge is 2.15. The molecule has 5 heteroatoms. The highest BCUT2D eigenvalue weighted by molar-refractivity contribution is 6.30. The second-order valence-corrected chi connectivity index (χ2v) is 5.65. The molecule has 1 aromatic rings. The Kier molecular flexibility index (Phi) is 5.82. The summed E-state index contributed by atoms with van der Waals surface area (Å²) in [7, 11) is 4.00. The number of anilines is 1. The normalized spacial score (nSPS) is 13.1. The molecule has 0 aliphatic rings. The first kappa shape index (κ1) is 15.2. The van der Waals surface area contributed by atoms with Gasteiger partial charge in [0.05, 0.1) is 5.02 Å². The van der Waals surface area contributed by atoms with E-state index in [2.05, 4.69) is 29.0 Å². The fourth-order valence-electron chi connectivity index (χ4n) is 1.90. The molecule has 0 saturated carbocycles. The van der Waals surface area contributed by atoms with Crippen molar-refractivity contribution in [2.24, 2.45) is 5.92 Å². The molecule has 1 rings (SSSR count). The van der Waals surface area contributed by atoms with E-state index in [0.717, 1.165) is 13.0 Å². The number of nitrogens with one attached hydrogen (secondary N) is 1. The number of aromatic nitrogens is 1. The standard InChI is InChI=1S/C13H21ClFN3/c1-9(2)5-11(8-18(3)4)17-13-12(15)6-10(14)7-16-13/h6-7,9,11H,5,8H2,1-4H3,(H,16,17). The van der Waals surface area contributed by atoms with Crippen LogP contribution in [0.25, 0.3) is 0 Å². The van der Waals surface area contributed by atoms with Crippen LogP contribution in [0.5, 0.6) is 0 Å². The third-order valence-electron chi connectivity index (χ3n) is 2.49. The van der Waals surface area contributed by atoms with Crippen LogP contribution < -0.4 is 5.32 Å². The summed E-state index contributed by atoms with van der Waals surface area (Å²) in [5.41, 5.74) is 0. The van der Waals surface area contributed by atoms with Gasteiger partial charge in [-0.25, -0.2) is 9.37 Å². The van der Waals surface area contributed by atoms with E-state index in [4.69, 9.17) is 11.6 Å². The lowest BCUT2D eigenvalue weighted by molar-refractivity contribution is 0.355. The van der Waals surface area contributed by atoms with Gasteiger partial charge in [-0.15, -0.1) is 0 Å². The second kappa shape index (κ2) is 6.90. The van der Waals surface area contributed by atoms with Crippen molar-refractivity contribution in [2.45, 2.75) is 26.3 Å². The smallest absolute Gasteiger partial charge is 0.166 e. The van der Waals surface area contributed by atoms with E-state index < -0.39 is 5.82 Å². The number of likely N-dealkylation sites (N-methyl/N-ethyl adjacent to an activating group) is 1. The van der Waals surface area contributed by atoms with Crippen LogP contribution in [-0.4, -0.2) is 36.6 Å². The predicted molar refractivity (Wildman–Crippen MR) is 74.6 cm³/mol. The van der Waals surface area contributed by atoms with Gasteiger partial charge >= 0.3 is 0 Å². The fourth-order valence-corrected chi connectivity index (χ4v) is 2.05. The van der Waals surface area contributed by atoms with Gasteiger partial charge in [0.1, 0.15) is 0 Å². The van der Waals surface area contributed by atoms with E-state index in [9.17, 15) is 4.39 Å². The minimum Gasteiger partial charge on any atom is -0.364 e. The van der Waals surface area contributed by atoms with Crippen molar-refractivity contribution < 1.29 is 4.39 Å². The van der Waals surface area contributed by atoms with Gasteiger partial charge in [-0.1, -0.05) is 25.4 Å². The lowest BCUT2D eigenvalue weighted by atomic mass is 10.0. The van der Waals surface area contributed by atoms with E-state index in [0.29, 0.717) is 10.9 Å². The molecule has 1 aromatic heterocycles. The Balaban J connectivity index is 2.75. The monoisotopic (exact) mass is 273 g/mol. The summed E-state index contributed by atoms with van der Waals surface area (Å²) in [6.45, 7) is 5.13. The molecule has 0 aromatic carbocycles. The highest BCUT2D eigenvalue weighted by Crippen LogP contribution is 2.18. The number of nitrogens with zero attached hydrogens (tertiary/aromatic N) is 2. The molecule has 0 fully saturated rings. The largest absolute Gasteiger partial charge is 0.364 e. The Morgan fingerprint density at radius 1 is 1.44 bits per heavy atom. The average Bonchev–Trinajstić information content (AvgIpc) is 2.20. The van der Waals surface area contributed by atoms with Gasteiger partial charge in [0, 0.05) is 18.8 Å². The zero-order valence-electron chi connectivity index (χ0n) is 11.4. The van der Waals surface area contributed by atoms with Crippen molar-refractivity contribution in [1.29, 1.82) is 0 Å². The summed E-state index contributed by atoms with van der Waals surface area (Å²) in [5.74, 6) is 0.403. The first-order valence-corrected chi connectivity index (χ1v) is 6.48. The number of rotatable bonds is 6. The van der Waals surface area contributed by atoms with Crippen LogP contribution in [-0.2, 0) is 0 Å². The molecular formula is C13H21ClFN3. The van der Waals surface area contributed by atoms with Crippen LogP contribution in [0, 0.1) is 11.7 Å². The molecule has 0 amide bonds. The zero-order valence-corrected chi connectivity index (χ0v) is 12.1. The summed E-state index contributed by atoms with van der Waals surface area (Å²) in [6.07, 6.45) is 2.41. The second-order valence-electron chi connectivity index (χ2n) is 5.22. The van der Waals surface area contributed by atoms with Crippen LogP contribution in [0.4, 0.5) is 10.2 Å². The highest BCUT2D eigenvalue weighted by atomic mass is 35.5. The SMILES string of the molecule is CC(C)CC(CN(C)C)Nc1ncc(Cl)cc1F. The maximum atomic E-state index is 13.7. The molecule has 0 saturated heterocycles. The molecular weight excluding hydrogens is 253 g/mol. The number of pyridine rings is 1. The molecule has 18 heavy (non-hydrogen) atoms. The quantitative estimate of drug-likeness (QED) is 0.862. The van der Waals surface area contributed by atoms with Crippen LogP contribution >= 0.6 is 11.6 Å². The summed E-state index contributed by atoms with van der Waals surface area (Å²) in [6, 6.07) is 1.45. The van der Waals surface area contributed by atoms with Crippen molar-refractivity contribution in [2.75, 3.05) is 26.0 Å². The molecule has 0 aliphatic heterocycles. The zero-order chi connectivity index (χ0) is 13.7. The predicted octanol–water partition coefficient (Wildman–Crippen LogP) is 3.26. The lowest BCUT2D eigenvalue weighted by Crippen LogP contribution is -2.34. The lowest BCUT2D eigenvalue weighted by Gasteiger charge is -2.24. The van der Waals surface area contributed by atoms with Gasteiger partial charge < -0.3 is 10.2 Å². The van der Waals surface area contributed by atoms with Gasteiger partial charge in [0.2, 0.25) is 0 Å². The Labute approximate surface area is 113 Å². The van der Waals surface area contributed by atoms with E-state index in [1.807, 2.05) is 14.1 Å². The first-order chi connectivity index (χ1) is 8.38. The summed E-state index contributed by atoms with van der Waals surface area (Å²) < 4.78 is 13.7. The molecule has 1 unspecified atom stereocenters. The maximum absolute atomic E-state index is 13.7. The molecule has 102 valence electrons. The maximum Gasteiger partial charge on any atom is 0.166 e. The topological polar surface area (TPSA) is 28.2 Å². The van der Waals surface area contributed by atoms with Crippen LogP contribution in [0.2, 0.25) is 5.02 Å². The molecule has 0 radical (unpaired) electrons. The minimum absolute atomic E-state index is 0.170. The molecule has 0 bridgehead atoms. The van der Waals surface area contributed by atoms with Crippen LogP contribution in [0.3, 0.4) is 0 Å². The molecule has 1 heterocycles. The summed E-state index contributed by atoms with van der Waals surface area (Å²) in [5, 5.41) is 3.46. The van der Waals surface area contributed by atoms with E-state index in [-0.39, 0.29) is 11.9 Å². The number of hydrogen-bond acceptors (Lipinski definition) is 3. The van der Waals surface area contributed by atoms with Crippen molar-refractivity contribution in [3.8, 4) is 0 Å². The summed E-state index contributed by atoms with van der Waals surface area (Å²) >= 11 is 5.68. The molecule has 1 atom stereocenters. The van der Waals surface area contributed by atoms with Crippen LogP contribution in [0.15, 0.2) is 12.3 Å². The van der Waals surface area contributed by atoms with Gasteiger partial charge in [0.15, 0.2) is 11.6 Å². The van der Waals surface area contributed by atoms with Gasteiger partial charge in [-0.05, 0) is 32.5 Å². The Hall–Kier alpha value is -0.870. The fraction of sp³-hybridized carbons (Fsp3) is 0.615. The van der Waals surface area contributed by atoms with Crippen LogP contribution in [0.1, 0.15) is 20.3 Å². The third kappa shape index (κ3) is 5.19. The van der Waals surface area contributed by atoms with Crippen molar-refractivity contribution >= 4 is 17.4 Å². The Bertz CT molecular complexity index is 372. The van der Waals surface area contributed by atoms with Crippen molar-refractivity contribution in [1.82, 2.24) is 9.88 Å². The average molecular weight is 274 g/mol. The van der Waals surface area contributed by atoms with E-state index >= 15 is 0 Å². The third-order valence-corrected chi connectivity index (χ3v) is 2.70. The number of halogens is 2. The Morgan fingerprint density at radius 2 is 2.11 bits per heavy atom. The first-order valence-electron chi connectivity index (χ1n) is 6.10. The minimum atomic E-state index is -0.407. The van der Waals surface area contributed by atoms with Gasteiger partial charge in [0.25, 0.3) is 0 Å². The number of hydrogen-bond donors (Lipinski definition) is 1. The van der Waals surface area contributed by atoms with E-state index in [1.165, 1.54) is 12.3 Å². The Morgan fingerprint density at radius 3 is 2.61 bits per heavy atom. The molecule has 0 spiro atoms. The molecule has 1 N–H and O–H groups in total. The van der Waals surface area contributed by atoms with Crippen molar-refractivity contribution in [3.05, 3.63) is 23.1 Å². The molecule has 0 aliphatic carbocycles. The van der Waals surface area contributed by atoms with Gasteiger partial charge in [-0.3, -0.25) is 0 Å². The molecule has 3 nitrogen and oxygen atoms in total.